The molecule has 194 valence electrons. The Morgan fingerprint density at radius 1 is 0.973 bits per heavy atom. The van der Waals surface area contributed by atoms with E-state index in [9.17, 15) is 31.1 Å². The second-order valence-electron chi connectivity index (χ2n) is 7.97. The lowest BCUT2D eigenvalue weighted by atomic mass is 10.1. The minimum atomic E-state index is -5.02. The average molecular weight is 540 g/mol. The third-order valence-electron chi connectivity index (χ3n) is 5.12. The molecule has 2 aromatic carbocycles. The van der Waals surface area contributed by atoms with Gasteiger partial charge in [0.2, 0.25) is 5.91 Å². The minimum absolute atomic E-state index is 0.00583. The number of aryl methyl sites for hydroxylation is 1. The number of furan rings is 1. The summed E-state index contributed by atoms with van der Waals surface area (Å²) in [7, 11) is 0. The fraction of sp³-hybridized carbons (Fsp3) is 0.208. The zero-order valence-corrected chi connectivity index (χ0v) is 19.8. The molecule has 0 saturated heterocycles. The number of thioether (sulfide) groups is 1. The van der Waals surface area contributed by atoms with Crippen molar-refractivity contribution in [3.8, 4) is 11.4 Å². The lowest BCUT2D eigenvalue weighted by molar-refractivity contribution is -0.143. The van der Waals surface area contributed by atoms with Crippen LogP contribution in [0.15, 0.2) is 70.4 Å². The van der Waals surface area contributed by atoms with E-state index in [1.165, 1.54) is 6.26 Å². The smallest absolute Gasteiger partial charge is 0.416 e. The average Bonchev–Trinajstić information content (AvgIpc) is 3.47. The summed E-state index contributed by atoms with van der Waals surface area (Å²) in [6.45, 7) is 2.16. The number of halogens is 6. The first-order valence-corrected chi connectivity index (χ1v) is 11.6. The molecule has 4 aromatic rings. The van der Waals surface area contributed by atoms with Crippen LogP contribution in [0.1, 0.15) is 22.5 Å². The summed E-state index contributed by atoms with van der Waals surface area (Å²) in [5, 5.41) is 10.7. The first kappa shape index (κ1) is 26.3. The largest absolute Gasteiger partial charge is 0.467 e. The number of anilines is 1. The molecule has 0 aliphatic carbocycles. The second-order valence-corrected chi connectivity index (χ2v) is 8.91. The van der Waals surface area contributed by atoms with Gasteiger partial charge in [0, 0.05) is 11.3 Å². The lowest BCUT2D eigenvalue weighted by Crippen LogP contribution is -2.17. The van der Waals surface area contributed by atoms with Crippen molar-refractivity contribution in [1.29, 1.82) is 0 Å². The van der Waals surface area contributed by atoms with Gasteiger partial charge in [0.25, 0.3) is 0 Å². The fourth-order valence-electron chi connectivity index (χ4n) is 3.37. The first-order chi connectivity index (χ1) is 17.4. The molecule has 0 atom stereocenters. The zero-order chi connectivity index (χ0) is 26.8. The van der Waals surface area contributed by atoms with Gasteiger partial charge in [-0.05, 0) is 37.3 Å². The molecule has 1 amide bonds. The molecule has 0 radical (unpaired) electrons. The molecule has 13 heteroatoms. The summed E-state index contributed by atoms with van der Waals surface area (Å²) in [5.41, 5.74) is -1.87. The van der Waals surface area contributed by atoms with E-state index < -0.39 is 35.1 Å². The highest BCUT2D eigenvalue weighted by molar-refractivity contribution is 7.99. The van der Waals surface area contributed by atoms with Gasteiger partial charge in [0.05, 0.1) is 29.7 Å². The summed E-state index contributed by atoms with van der Waals surface area (Å²) in [6.07, 6.45) is -8.55. The lowest BCUT2D eigenvalue weighted by Gasteiger charge is -2.14. The number of carbonyl (C=O) groups excluding carboxylic acids is 1. The van der Waals surface area contributed by atoms with Crippen molar-refractivity contribution in [3.63, 3.8) is 0 Å². The van der Waals surface area contributed by atoms with Crippen molar-refractivity contribution in [2.24, 2.45) is 0 Å². The predicted molar refractivity (Wildman–Crippen MR) is 124 cm³/mol. The highest BCUT2D eigenvalue weighted by atomic mass is 32.2. The van der Waals surface area contributed by atoms with Crippen LogP contribution in [0.25, 0.3) is 11.4 Å². The summed E-state index contributed by atoms with van der Waals surface area (Å²) < 4.78 is 85.7. The Bertz CT molecular complexity index is 1350. The van der Waals surface area contributed by atoms with E-state index in [0.717, 1.165) is 22.9 Å². The molecular weight excluding hydrogens is 522 g/mol. The van der Waals surface area contributed by atoms with Crippen molar-refractivity contribution in [1.82, 2.24) is 14.8 Å². The van der Waals surface area contributed by atoms with Gasteiger partial charge >= 0.3 is 12.4 Å². The van der Waals surface area contributed by atoms with Crippen molar-refractivity contribution in [2.45, 2.75) is 31.0 Å². The number of aromatic nitrogens is 3. The van der Waals surface area contributed by atoms with Gasteiger partial charge in [-0.25, -0.2) is 0 Å². The Morgan fingerprint density at radius 3 is 2.19 bits per heavy atom. The number of hydrogen-bond donors (Lipinski definition) is 1. The number of rotatable bonds is 7. The molecule has 0 aliphatic heterocycles. The third kappa shape index (κ3) is 6.53. The highest BCUT2D eigenvalue weighted by Crippen LogP contribution is 2.37. The van der Waals surface area contributed by atoms with Crippen LogP contribution >= 0.6 is 11.8 Å². The molecule has 2 heterocycles. The third-order valence-corrected chi connectivity index (χ3v) is 6.09. The number of nitrogens with zero attached hydrogens (tertiary/aromatic N) is 3. The SMILES string of the molecule is Cc1ccc(-c2nnc(SCC(=O)Nc3cc(C(F)(F)F)cc(C(F)(F)F)c3)n2Cc2ccco2)cc1. The molecule has 6 nitrogen and oxygen atoms in total. The van der Waals surface area contributed by atoms with Gasteiger partial charge < -0.3 is 9.73 Å². The molecule has 37 heavy (non-hydrogen) atoms. The van der Waals surface area contributed by atoms with Crippen LogP contribution in [0, 0.1) is 6.92 Å². The summed E-state index contributed by atoms with van der Waals surface area (Å²) >= 11 is 0.926. The number of benzene rings is 2. The van der Waals surface area contributed by atoms with Crippen LogP contribution in [0.5, 0.6) is 0 Å². The van der Waals surface area contributed by atoms with Gasteiger partial charge in [0.15, 0.2) is 11.0 Å². The van der Waals surface area contributed by atoms with E-state index in [0.29, 0.717) is 28.9 Å². The molecule has 0 saturated carbocycles. The second kappa shape index (κ2) is 10.3. The normalized spacial score (nSPS) is 12.1. The van der Waals surface area contributed by atoms with E-state index in [1.807, 2.05) is 31.2 Å². The van der Waals surface area contributed by atoms with Crippen LogP contribution < -0.4 is 5.32 Å². The molecule has 2 aromatic heterocycles. The summed E-state index contributed by atoms with van der Waals surface area (Å²) in [6, 6.07) is 11.8. The van der Waals surface area contributed by atoms with Crippen LogP contribution in [0.2, 0.25) is 0 Å². The van der Waals surface area contributed by atoms with Gasteiger partial charge in [-0.15, -0.1) is 10.2 Å². The maximum atomic E-state index is 13.1. The quantitative estimate of drug-likeness (QED) is 0.210. The monoisotopic (exact) mass is 540 g/mol. The van der Waals surface area contributed by atoms with Crippen LogP contribution in [0.3, 0.4) is 0 Å². The van der Waals surface area contributed by atoms with Gasteiger partial charge in [-0.2, -0.15) is 26.3 Å². The van der Waals surface area contributed by atoms with Crippen molar-refractivity contribution < 1.29 is 35.6 Å². The topological polar surface area (TPSA) is 73.0 Å². The number of carbonyl (C=O) groups is 1. The molecule has 0 aliphatic rings. The van der Waals surface area contributed by atoms with Gasteiger partial charge in [-0.3, -0.25) is 9.36 Å². The Balaban J connectivity index is 1.55. The van der Waals surface area contributed by atoms with Crippen molar-refractivity contribution in [3.05, 3.63) is 83.3 Å². The van der Waals surface area contributed by atoms with E-state index in [2.05, 4.69) is 15.5 Å². The number of amides is 1. The Labute approximate surface area is 210 Å². The molecule has 0 fully saturated rings. The van der Waals surface area contributed by atoms with E-state index in [1.54, 1.807) is 16.7 Å². The summed E-state index contributed by atoms with van der Waals surface area (Å²) in [5.74, 6) is -0.0843. The standard InChI is InChI=1S/C24H18F6N4O2S/c1-14-4-6-15(7-5-14)21-32-33-22(34(21)12-19-3-2-8-36-19)37-13-20(35)31-18-10-16(23(25,26)27)9-17(11-18)24(28,29)30/h2-11H,12-13H2,1H3,(H,31,35). The van der Waals surface area contributed by atoms with Crippen LogP contribution in [-0.4, -0.2) is 26.4 Å². The first-order valence-electron chi connectivity index (χ1n) is 10.6. The van der Waals surface area contributed by atoms with Crippen molar-refractivity contribution >= 4 is 23.4 Å². The van der Waals surface area contributed by atoms with E-state index >= 15 is 0 Å². The molecule has 0 bridgehead atoms. The van der Waals surface area contributed by atoms with E-state index in [-0.39, 0.29) is 18.4 Å². The summed E-state index contributed by atoms with van der Waals surface area (Å²) in [4.78, 5) is 12.5. The Kier molecular flexibility index (Phi) is 7.35. The molecule has 0 spiro atoms. The van der Waals surface area contributed by atoms with E-state index in [4.69, 9.17) is 4.42 Å². The van der Waals surface area contributed by atoms with Crippen LogP contribution in [-0.2, 0) is 23.7 Å². The maximum absolute atomic E-state index is 13.1. The van der Waals surface area contributed by atoms with Crippen molar-refractivity contribution in [2.75, 3.05) is 11.1 Å². The molecule has 1 N–H and O–H groups in total. The number of nitrogens with one attached hydrogen (secondary N) is 1. The zero-order valence-electron chi connectivity index (χ0n) is 19.0. The minimum Gasteiger partial charge on any atom is -0.467 e. The Morgan fingerprint density at radius 2 is 1.62 bits per heavy atom. The Hall–Kier alpha value is -3.74. The number of alkyl halides is 6. The fourth-order valence-corrected chi connectivity index (χ4v) is 4.10. The predicted octanol–water partition coefficient (Wildman–Crippen LogP) is 6.66. The van der Waals surface area contributed by atoms with Gasteiger partial charge in [-0.1, -0.05) is 41.6 Å². The molecule has 0 unspecified atom stereocenters. The highest BCUT2D eigenvalue weighted by Gasteiger charge is 2.37. The maximum Gasteiger partial charge on any atom is 0.416 e. The number of hydrogen-bond acceptors (Lipinski definition) is 5. The van der Waals surface area contributed by atoms with Crippen LogP contribution in [0.4, 0.5) is 32.0 Å². The molecule has 4 rings (SSSR count). The van der Waals surface area contributed by atoms with Gasteiger partial charge in [0.1, 0.15) is 5.76 Å². The molecular formula is C24H18F6N4O2S.